The second-order valence-electron chi connectivity index (χ2n) is 6.98. The lowest BCUT2D eigenvalue weighted by Gasteiger charge is -2.08. The summed E-state index contributed by atoms with van der Waals surface area (Å²) in [5.74, 6) is 0.467. The van der Waals surface area contributed by atoms with Gasteiger partial charge in [0.2, 0.25) is 15.9 Å². The molecule has 166 valence electrons. The molecule has 7 heteroatoms. The summed E-state index contributed by atoms with van der Waals surface area (Å²) in [7, 11) is -3.62. The first kappa shape index (κ1) is 23.2. The minimum absolute atomic E-state index is 0.147. The van der Waals surface area contributed by atoms with Crippen LogP contribution in [0.1, 0.15) is 18.1 Å². The molecule has 0 radical (unpaired) electrons. The fraction of sp³-hybridized carbons (Fsp3) is 0.160. The van der Waals surface area contributed by atoms with Gasteiger partial charge in [0.25, 0.3) is 0 Å². The molecule has 3 aromatic carbocycles. The molecule has 6 nitrogen and oxygen atoms in total. The summed E-state index contributed by atoms with van der Waals surface area (Å²) in [6, 6.07) is 23.1. The molecule has 3 aromatic rings. The molecule has 0 unspecified atom stereocenters. The van der Waals surface area contributed by atoms with Gasteiger partial charge in [0.1, 0.15) is 5.75 Å². The number of sulfonamides is 1. The summed E-state index contributed by atoms with van der Waals surface area (Å²) in [4.78, 5) is 12.3. The topological polar surface area (TPSA) is 84.5 Å². The molecular formula is C25H26N2O4S. The number of rotatable bonds is 10. The Bertz CT molecular complexity index is 1140. The van der Waals surface area contributed by atoms with Gasteiger partial charge in [-0.2, -0.15) is 0 Å². The number of carbonyl (C=O) groups is 1. The summed E-state index contributed by atoms with van der Waals surface area (Å²) in [6.45, 7) is 2.82. The molecule has 1 amide bonds. The van der Waals surface area contributed by atoms with E-state index in [1.54, 1.807) is 18.2 Å². The van der Waals surface area contributed by atoms with E-state index >= 15 is 0 Å². The summed E-state index contributed by atoms with van der Waals surface area (Å²) in [6.07, 6.45) is 3.72. The van der Waals surface area contributed by atoms with E-state index in [1.165, 1.54) is 18.2 Å². The minimum atomic E-state index is -3.62. The van der Waals surface area contributed by atoms with Crippen LogP contribution < -0.4 is 14.8 Å². The van der Waals surface area contributed by atoms with Gasteiger partial charge in [0, 0.05) is 18.3 Å². The van der Waals surface area contributed by atoms with Gasteiger partial charge in [-0.25, -0.2) is 13.1 Å². The van der Waals surface area contributed by atoms with Crippen LogP contribution in [0.4, 0.5) is 5.69 Å². The van der Waals surface area contributed by atoms with Crippen LogP contribution in [-0.2, 0) is 21.2 Å². The first-order valence-corrected chi connectivity index (χ1v) is 11.8. The van der Waals surface area contributed by atoms with Crippen LogP contribution in [0, 0.1) is 0 Å². The lowest BCUT2D eigenvalue weighted by molar-refractivity contribution is -0.111. The monoisotopic (exact) mass is 450 g/mol. The van der Waals surface area contributed by atoms with E-state index in [0.29, 0.717) is 25.3 Å². The van der Waals surface area contributed by atoms with Crippen molar-refractivity contribution in [1.29, 1.82) is 0 Å². The maximum Gasteiger partial charge on any atom is 0.248 e. The Labute approximate surface area is 189 Å². The van der Waals surface area contributed by atoms with Gasteiger partial charge >= 0.3 is 0 Å². The van der Waals surface area contributed by atoms with E-state index in [-0.39, 0.29) is 10.8 Å². The summed E-state index contributed by atoms with van der Waals surface area (Å²) >= 11 is 0. The predicted octanol–water partition coefficient (Wildman–Crippen LogP) is 4.26. The van der Waals surface area contributed by atoms with E-state index in [2.05, 4.69) is 10.0 Å². The Morgan fingerprint density at radius 2 is 1.62 bits per heavy atom. The molecular weight excluding hydrogens is 424 g/mol. The Hall–Kier alpha value is -3.42. The first-order valence-electron chi connectivity index (χ1n) is 10.3. The third kappa shape index (κ3) is 7.08. The smallest absolute Gasteiger partial charge is 0.248 e. The average Bonchev–Trinajstić information content (AvgIpc) is 2.80. The molecule has 0 aliphatic rings. The quantitative estimate of drug-likeness (QED) is 0.452. The van der Waals surface area contributed by atoms with E-state index in [1.807, 2.05) is 61.5 Å². The third-order valence-corrected chi connectivity index (χ3v) is 6.08. The molecule has 32 heavy (non-hydrogen) atoms. The maximum absolute atomic E-state index is 12.5. The highest BCUT2D eigenvalue weighted by Gasteiger charge is 2.13. The molecule has 2 N–H and O–H groups in total. The highest BCUT2D eigenvalue weighted by atomic mass is 32.2. The van der Waals surface area contributed by atoms with E-state index in [9.17, 15) is 13.2 Å². The molecule has 0 heterocycles. The van der Waals surface area contributed by atoms with E-state index in [4.69, 9.17) is 4.74 Å². The van der Waals surface area contributed by atoms with Crippen LogP contribution in [0.5, 0.6) is 5.75 Å². The zero-order valence-corrected chi connectivity index (χ0v) is 18.6. The zero-order chi connectivity index (χ0) is 22.8. The van der Waals surface area contributed by atoms with Crippen molar-refractivity contribution in [3.05, 3.63) is 96.1 Å². The number of nitrogens with one attached hydrogen (secondary N) is 2. The van der Waals surface area contributed by atoms with Gasteiger partial charge in [-0.05, 0) is 66.9 Å². The first-order chi connectivity index (χ1) is 15.5. The molecule has 0 bridgehead atoms. The van der Waals surface area contributed by atoms with E-state index < -0.39 is 10.0 Å². The van der Waals surface area contributed by atoms with Crippen molar-refractivity contribution in [3.63, 3.8) is 0 Å². The fourth-order valence-electron chi connectivity index (χ4n) is 2.97. The lowest BCUT2D eigenvalue weighted by atomic mass is 10.2. The second-order valence-corrected chi connectivity index (χ2v) is 8.75. The molecule has 0 fully saturated rings. The molecule has 3 rings (SSSR count). The van der Waals surface area contributed by atoms with Crippen molar-refractivity contribution in [1.82, 2.24) is 4.72 Å². The van der Waals surface area contributed by atoms with Crippen molar-refractivity contribution in [2.75, 3.05) is 18.5 Å². The van der Waals surface area contributed by atoms with Crippen LogP contribution in [0.2, 0.25) is 0 Å². The highest BCUT2D eigenvalue weighted by molar-refractivity contribution is 7.89. The average molecular weight is 451 g/mol. The Kier molecular flexibility index (Phi) is 8.19. The van der Waals surface area contributed by atoms with Gasteiger partial charge in [-0.15, -0.1) is 0 Å². The number of hydrogen-bond donors (Lipinski definition) is 2. The Morgan fingerprint density at radius 3 is 2.28 bits per heavy atom. The Balaban J connectivity index is 1.52. The van der Waals surface area contributed by atoms with Gasteiger partial charge in [0.15, 0.2) is 0 Å². The van der Waals surface area contributed by atoms with Crippen molar-refractivity contribution in [2.24, 2.45) is 0 Å². The normalized spacial score (nSPS) is 11.4. The second kappa shape index (κ2) is 11.3. The largest absolute Gasteiger partial charge is 0.494 e. The van der Waals surface area contributed by atoms with E-state index in [0.717, 1.165) is 16.9 Å². The maximum atomic E-state index is 12.5. The van der Waals surface area contributed by atoms with Crippen molar-refractivity contribution >= 4 is 27.7 Å². The molecule has 0 aromatic heterocycles. The number of ether oxygens (including phenoxy) is 1. The van der Waals surface area contributed by atoms with Gasteiger partial charge < -0.3 is 10.1 Å². The van der Waals surface area contributed by atoms with Crippen molar-refractivity contribution in [3.8, 4) is 5.75 Å². The number of carbonyl (C=O) groups excluding carboxylic acids is 1. The molecule has 0 spiro atoms. The SMILES string of the molecule is CCOc1ccc(/C=C/C(=O)Nc2ccc(S(=O)(=O)NCCc3ccccc3)cc2)cc1. The molecule has 0 saturated heterocycles. The number of hydrogen-bond acceptors (Lipinski definition) is 4. The summed E-state index contributed by atoms with van der Waals surface area (Å²) in [5.41, 5.74) is 2.44. The third-order valence-electron chi connectivity index (χ3n) is 4.60. The van der Waals surface area contributed by atoms with Crippen LogP contribution in [-0.4, -0.2) is 27.5 Å². The minimum Gasteiger partial charge on any atom is -0.494 e. The van der Waals surface area contributed by atoms with Crippen LogP contribution in [0.3, 0.4) is 0 Å². The molecule has 0 saturated carbocycles. The van der Waals surface area contributed by atoms with Crippen molar-refractivity contribution < 1.29 is 17.9 Å². The van der Waals surface area contributed by atoms with Gasteiger partial charge in [0.05, 0.1) is 11.5 Å². The fourth-order valence-corrected chi connectivity index (χ4v) is 4.00. The summed E-state index contributed by atoms with van der Waals surface area (Å²) in [5, 5.41) is 2.72. The molecule has 0 aliphatic carbocycles. The predicted molar refractivity (Wildman–Crippen MR) is 127 cm³/mol. The van der Waals surface area contributed by atoms with Crippen LogP contribution >= 0.6 is 0 Å². The highest BCUT2D eigenvalue weighted by Crippen LogP contribution is 2.15. The zero-order valence-electron chi connectivity index (χ0n) is 17.8. The number of anilines is 1. The molecule has 0 aliphatic heterocycles. The Morgan fingerprint density at radius 1 is 0.938 bits per heavy atom. The number of amides is 1. The summed E-state index contributed by atoms with van der Waals surface area (Å²) < 4.78 is 32.9. The lowest BCUT2D eigenvalue weighted by Crippen LogP contribution is -2.26. The van der Waals surface area contributed by atoms with Crippen LogP contribution in [0.15, 0.2) is 89.8 Å². The molecule has 0 atom stereocenters. The van der Waals surface area contributed by atoms with Gasteiger partial charge in [-0.3, -0.25) is 4.79 Å². The number of benzene rings is 3. The van der Waals surface area contributed by atoms with Crippen molar-refractivity contribution in [2.45, 2.75) is 18.2 Å². The van der Waals surface area contributed by atoms with Gasteiger partial charge in [-0.1, -0.05) is 42.5 Å². The van der Waals surface area contributed by atoms with Crippen LogP contribution in [0.25, 0.3) is 6.08 Å². The standard InChI is InChI=1S/C25H26N2O4S/c1-2-31-23-13-8-21(9-14-23)10-17-25(28)27-22-11-15-24(16-12-22)32(29,30)26-19-18-20-6-4-3-5-7-20/h3-17,26H,2,18-19H2,1H3,(H,27,28)/b17-10+.